The molecule has 1 saturated heterocycles. The van der Waals surface area contributed by atoms with E-state index in [1.807, 2.05) is 36.1 Å². The summed E-state index contributed by atoms with van der Waals surface area (Å²) in [6, 6.07) is 12.3. The number of fused-ring (bicyclic) bond motifs is 1. The normalized spacial score (nSPS) is 23.6. The zero-order valence-corrected chi connectivity index (χ0v) is 14.9. The summed E-state index contributed by atoms with van der Waals surface area (Å²) in [6.07, 6.45) is 7.59. The van der Waals surface area contributed by atoms with E-state index in [9.17, 15) is 0 Å². The number of aliphatic imine (C=N–C) groups is 1. The molecule has 25 heavy (non-hydrogen) atoms. The minimum atomic E-state index is 0.707. The van der Waals surface area contributed by atoms with Crippen LogP contribution in [0.1, 0.15) is 31.4 Å². The zero-order chi connectivity index (χ0) is 17.1. The smallest absolute Gasteiger partial charge is 0.193 e. The lowest BCUT2D eigenvalue weighted by molar-refractivity contribution is 0.299. The van der Waals surface area contributed by atoms with Crippen LogP contribution in [0, 0.1) is 11.8 Å². The Morgan fingerprint density at radius 2 is 1.84 bits per heavy atom. The minimum Gasteiger partial charge on any atom is -0.351 e. The number of aromatic nitrogens is 2. The van der Waals surface area contributed by atoms with Crippen molar-refractivity contribution >= 4 is 5.96 Å². The number of para-hydroxylation sites is 1. The number of rotatable bonds is 3. The first kappa shape index (κ1) is 16.2. The lowest BCUT2D eigenvalue weighted by Crippen LogP contribution is -2.40. The minimum absolute atomic E-state index is 0.707. The molecule has 1 aromatic heterocycles. The lowest BCUT2D eigenvalue weighted by atomic mass is 9.82. The SMILES string of the molecule is CN=C(NCc1ccn(-c2ccccc2)n1)N1CC2CCCCC2C1. The average Bonchev–Trinajstić information content (AvgIpc) is 3.30. The van der Waals surface area contributed by atoms with Crippen LogP contribution in [0.25, 0.3) is 5.69 Å². The fraction of sp³-hybridized carbons (Fsp3) is 0.500. The van der Waals surface area contributed by atoms with Crippen LogP contribution in [0.3, 0.4) is 0 Å². The highest BCUT2D eigenvalue weighted by atomic mass is 15.3. The predicted octanol–water partition coefficient (Wildman–Crippen LogP) is 3.07. The maximum absolute atomic E-state index is 4.67. The molecule has 2 aromatic rings. The van der Waals surface area contributed by atoms with Gasteiger partial charge in [-0.25, -0.2) is 4.68 Å². The third-order valence-electron chi connectivity index (χ3n) is 5.58. The van der Waals surface area contributed by atoms with E-state index < -0.39 is 0 Å². The van der Waals surface area contributed by atoms with Gasteiger partial charge in [0.1, 0.15) is 0 Å². The maximum atomic E-state index is 4.67. The molecule has 2 heterocycles. The quantitative estimate of drug-likeness (QED) is 0.691. The van der Waals surface area contributed by atoms with Crippen molar-refractivity contribution < 1.29 is 0 Å². The summed E-state index contributed by atoms with van der Waals surface area (Å²) in [4.78, 5) is 6.94. The molecule has 2 unspecified atom stereocenters. The van der Waals surface area contributed by atoms with Gasteiger partial charge in [0, 0.05) is 26.3 Å². The monoisotopic (exact) mass is 337 g/mol. The Morgan fingerprint density at radius 1 is 1.12 bits per heavy atom. The van der Waals surface area contributed by atoms with E-state index in [1.165, 1.54) is 25.7 Å². The van der Waals surface area contributed by atoms with Crippen molar-refractivity contribution in [1.29, 1.82) is 0 Å². The molecule has 0 amide bonds. The summed E-state index contributed by atoms with van der Waals surface area (Å²) in [6.45, 7) is 3.02. The summed E-state index contributed by atoms with van der Waals surface area (Å²) >= 11 is 0. The molecular weight excluding hydrogens is 310 g/mol. The Kier molecular flexibility index (Phi) is 4.72. The summed E-state index contributed by atoms with van der Waals surface area (Å²) in [5, 5.41) is 8.17. The van der Waals surface area contributed by atoms with Gasteiger partial charge in [-0.2, -0.15) is 5.10 Å². The van der Waals surface area contributed by atoms with Gasteiger partial charge in [0.05, 0.1) is 17.9 Å². The zero-order valence-electron chi connectivity index (χ0n) is 14.9. The van der Waals surface area contributed by atoms with Gasteiger partial charge in [-0.15, -0.1) is 0 Å². The van der Waals surface area contributed by atoms with E-state index in [1.54, 1.807) is 0 Å². The standard InChI is InChI=1S/C20H27N5/c1-21-20(24-14-16-7-5-6-8-17(16)15-24)22-13-18-11-12-25(23-18)19-9-3-2-4-10-19/h2-4,9-12,16-17H,5-8,13-15H2,1H3,(H,21,22). The van der Waals surface area contributed by atoms with E-state index in [4.69, 9.17) is 0 Å². The van der Waals surface area contributed by atoms with Gasteiger partial charge < -0.3 is 10.2 Å². The Hall–Kier alpha value is -2.30. The fourth-order valence-electron chi connectivity index (χ4n) is 4.26. The second kappa shape index (κ2) is 7.30. The summed E-state index contributed by atoms with van der Waals surface area (Å²) < 4.78 is 1.92. The van der Waals surface area contributed by atoms with Crippen LogP contribution < -0.4 is 5.32 Å². The number of hydrogen-bond donors (Lipinski definition) is 1. The second-order valence-electron chi connectivity index (χ2n) is 7.20. The largest absolute Gasteiger partial charge is 0.351 e. The fourth-order valence-corrected chi connectivity index (χ4v) is 4.26. The summed E-state index contributed by atoms with van der Waals surface area (Å²) in [5.41, 5.74) is 2.11. The van der Waals surface area contributed by atoms with Crippen molar-refractivity contribution in [3.8, 4) is 5.69 Å². The van der Waals surface area contributed by atoms with Crippen molar-refractivity contribution in [2.45, 2.75) is 32.2 Å². The van der Waals surface area contributed by atoms with Gasteiger partial charge in [-0.05, 0) is 42.9 Å². The van der Waals surface area contributed by atoms with Gasteiger partial charge in [-0.1, -0.05) is 31.0 Å². The third-order valence-corrected chi connectivity index (χ3v) is 5.58. The van der Waals surface area contributed by atoms with Gasteiger partial charge >= 0.3 is 0 Å². The molecule has 0 bridgehead atoms. The Bertz CT molecular complexity index is 707. The molecule has 2 fully saturated rings. The lowest BCUT2D eigenvalue weighted by Gasteiger charge is -2.22. The van der Waals surface area contributed by atoms with Crippen molar-refractivity contribution in [1.82, 2.24) is 20.0 Å². The summed E-state index contributed by atoms with van der Waals surface area (Å²) in [5.74, 6) is 2.75. The van der Waals surface area contributed by atoms with Crippen molar-refractivity contribution in [2.24, 2.45) is 16.8 Å². The van der Waals surface area contributed by atoms with Crippen LogP contribution in [-0.4, -0.2) is 40.8 Å². The average molecular weight is 337 g/mol. The highest BCUT2D eigenvalue weighted by molar-refractivity contribution is 5.80. The van der Waals surface area contributed by atoms with Gasteiger partial charge in [0.25, 0.3) is 0 Å². The Labute approximate surface area is 149 Å². The molecule has 132 valence electrons. The predicted molar refractivity (Wildman–Crippen MR) is 101 cm³/mol. The third kappa shape index (κ3) is 3.55. The van der Waals surface area contributed by atoms with E-state index in [0.29, 0.717) is 6.54 Å². The molecular formula is C20H27N5. The van der Waals surface area contributed by atoms with E-state index in [0.717, 1.165) is 42.3 Å². The molecule has 1 aliphatic carbocycles. The van der Waals surface area contributed by atoms with Gasteiger partial charge in [0.15, 0.2) is 5.96 Å². The van der Waals surface area contributed by atoms with E-state index >= 15 is 0 Å². The molecule has 1 N–H and O–H groups in total. The number of likely N-dealkylation sites (tertiary alicyclic amines) is 1. The highest BCUT2D eigenvalue weighted by Crippen LogP contribution is 2.35. The Morgan fingerprint density at radius 3 is 2.52 bits per heavy atom. The number of nitrogens with zero attached hydrogens (tertiary/aromatic N) is 4. The number of nitrogens with one attached hydrogen (secondary N) is 1. The number of guanidine groups is 1. The Balaban J connectivity index is 1.36. The van der Waals surface area contributed by atoms with Crippen LogP contribution in [0.15, 0.2) is 47.6 Å². The van der Waals surface area contributed by atoms with Gasteiger partial charge in [0.2, 0.25) is 0 Å². The van der Waals surface area contributed by atoms with Crippen LogP contribution in [0.2, 0.25) is 0 Å². The molecule has 2 aliphatic rings. The molecule has 5 heteroatoms. The molecule has 0 radical (unpaired) electrons. The number of hydrogen-bond acceptors (Lipinski definition) is 2. The van der Waals surface area contributed by atoms with Crippen LogP contribution in [0.5, 0.6) is 0 Å². The highest BCUT2D eigenvalue weighted by Gasteiger charge is 2.35. The van der Waals surface area contributed by atoms with Crippen molar-refractivity contribution in [3.63, 3.8) is 0 Å². The van der Waals surface area contributed by atoms with Crippen molar-refractivity contribution in [2.75, 3.05) is 20.1 Å². The summed E-state index contributed by atoms with van der Waals surface area (Å²) in [7, 11) is 1.88. The molecule has 4 rings (SSSR count). The van der Waals surface area contributed by atoms with E-state index in [2.05, 4.69) is 38.5 Å². The molecule has 1 saturated carbocycles. The molecule has 0 spiro atoms. The van der Waals surface area contributed by atoms with Crippen LogP contribution >= 0.6 is 0 Å². The molecule has 2 atom stereocenters. The molecule has 5 nitrogen and oxygen atoms in total. The van der Waals surface area contributed by atoms with Crippen molar-refractivity contribution in [3.05, 3.63) is 48.3 Å². The first-order valence-corrected chi connectivity index (χ1v) is 9.39. The molecule has 1 aromatic carbocycles. The molecule has 1 aliphatic heterocycles. The van der Waals surface area contributed by atoms with Crippen LogP contribution in [-0.2, 0) is 6.54 Å². The first-order chi connectivity index (χ1) is 12.3. The van der Waals surface area contributed by atoms with Crippen LogP contribution in [0.4, 0.5) is 0 Å². The number of benzene rings is 1. The maximum Gasteiger partial charge on any atom is 0.193 e. The second-order valence-corrected chi connectivity index (χ2v) is 7.20. The first-order valence-electron chi connectivity index (χ1n) is 9.39. The van der Waals surface area contributed by atoms with E-state index in [-0.39, 0.29) is 0 Å². The topological polar surface area (TPSA) is 45.5 Å². The van der Waals surface area contributed by atoms with Gasteiger partial charge in [-0.3, -0.25) is 4.99 Å².